The number of nitrogens with one attached hydrogen (secondary N) is 1. The molecule has 7 heteroatoms. The van der Waals surface area contributed by atoms with Gasteiger partial charge in [0.1, 0.15) is 5.75 Å². The predicted molar refractivity (Wildman–Crippen MR) is 103 cm³/mol. The number of anilines is 1. The van der Waals surface area contributed by atoms with Gasteiger partial charge in [0.05, 0.1) is 17.8 Å². The third-order valence-electron chi connectivity index (χ3n) is 4.37. The van der Waals surface area contributed by atoms with Crippen molar-refractivity contribution in [1.82, 2.24) is 19.7 Å². The molecule has 7 nitrogen and oxygen atoms in total. The lowest BCUT2D eigenvalue weighted by Gasteiger charge is -2.09. The minimum absolute atomic E-state index is 0.0520. The Morgan fingerprint density at radius 3 is 2.37 bits per heavy atom. The molecular formula is C20H23N5O2. The van der Waals surface area contributed by atoms with Crippen LogP contribution in [0.1, 0.15) is 33.9 Å². The number of phenols is 1. The van der Waals surface area contributed by atoms with E-state index < -0.39 is 0 Å². The van der Waals surface area contributed by atoms with E-state index in [0.717, 1.165) is 33.9 Å². The molecule has 0 spiro atoms. The van der Waals surface area contributed by atoms with E-state index in [2.05, 4.69) is 20.4 Å². The number of hydrogen-bond donors (Lipinski definition) is 2. The summed E-state index contributed by atoms with van der Waals surface area (Å²) in [4.78, 5) is 21.4. The zero-order valence-electron chi connectivity index (χ0n) is 16.2. The van der Waals surface area contributed by atoms with Gasteiger partial charge in [0.15, 0.2) is 0 Å². The number of nitrogens with zero attached hydrogens (tertiary/aromatic N) is 4. The smallest absolute Gasteiger partial charge is 0.251 e. The lowest BCUT2D eigenvalue weighted by atomic mass is 10.1. The Morgan fingerprint density at radius 1 is 1.07 bits per heavy atom. The van der Waals surface area contributed by atoms with Crippen LogP contribution in [0.4, 0.5) is 5.69 Å². The van der Waals surface area contributed by atoms with Crippen molar-refractivity contribution in [3.63, 3.8) is 0 Å². The Balaban J connectivity index is 1.85. The molecule has 3 aromatic rings. The van der Waals surface area contributed by atoms with Crippen molar-refractivity contribution in [2.75, 3.05) is 5.32 Å². The molecule has 0 saturated carbocycles. The highest BCUT2D eigenvalue weighted by atomic mass is 16.3. The van der Waals surface area contributed by atoms with E-state index in [0.29, 0.717) is 11.6 Å². The Labute approximate surface area is 158 Å². The van der Waals surface area contributed by atoms with E-state index in [4.69, 9.17) is 0 Å². The van der Waals surface area contributed by atoms with Crippen LogP contribution >= 0.6 is 0 Å². The maximum Gasteiger partial charge on any atom is 0.251 e. The van der Waals surface area contributed by atoms with Crippen LogP contribution in [-0.4, -0.2) is 30.8 Å². The van der Waals surface area contributed by atoms with Crippen molar-refractivity contribution in [3.8, 4) is 11.7 Å². The van der Waals surface area contributed by atoms with Gasteiger partial charge in [0.2, 0.25) is 5.91 Å². The van der Waals surface area contributed by atoms with Crippen LogP contribution in [0, 0.1) is 34.6 Å². The maximum absolute atomic E-state index is 12.5. The number of hydrogen-bond acceptors (Lipinski definition) is 5. The zero-order valence-corrected chi connectivity index (χ0v) is 16.2. The summed E-state index contributed by atoms with van der Waals surface area (Å²) in [5, 5.41) is 17.2. The van der Waals surface area contributed by atoms with Crippen molar-refractivity contribution in [1.29, 1.82) is 0 Å². The molecule has 2 heterocycles. The minimum Gasteiger partial charge on any atom is -0.506 e. The molecule has 3 rings (SSSR count). The van der Waals surface area contributed by atoms with E-state index in [9.17, 15) is 9.90 Å². The van der Waals surface area contributed by atoms with Gasteiger partial charge < -0.3 is 10.4 Å². The number of rotatable bonds is 4. The molecule has 0 atom stereocenters. The number of aromatic nitrogens is 4. The highest BCUT2D eigenvalue weighted by Gasteiger charge is 2.18. The van der Waals surface area contributed by atoms with E-state index in [1.807, 2.05) is 46.8 Å². The predicted octanol–water partition coefficient (Wildman–Crippen LogP) is 3.09. The average Bonchev–Trinajstić information content (AvgIpc) is 2.85. The molecule has 0 unspecified atom stereocenters. The summed E-state index contributed by atoms with van der Waals surface area (Å²) in [6, 6.07) is 7.04. The van der Waals surface area contributed by atoms with E-state index in [-0.39, 0.29) is 18.1 Å². The van der Waals surface area contributed by atoms with Gasteiger partial charge in [-0.3, -0.25) is 4.79 Å². The minimum atomic E-state index is -0.221. The third-order valence-corrected chi connectivity index (χ3v) is 4.37. The first-order valence-corrected chi connectivity index (χ1v) is 8.72. The molecule has 140 valence electrons. The Bertz CT molecular complexity index is 1000. The first kappa shape index (κ1) is 18.6. The largest absolute Gasteiger partial charge is 0.506 e. The fraction of sp³-hybridized carbons (Fsp3) is 0.300. The second-order valence-corrected chi connectivity index (χ2v) is 6.76. The van der Waals surface area contributed by atoms with Crippen molar-refractivity contribution in [2.45, 2.75) is 41.0 Å². The highest BCUT2D eigenvalue weighted by Crippen LogP contribution is 2.24. The molecule has 1 amide bonds. The van der Waals surface area contributed by atoms with Gasteiger partial charge in [0, 0.05) is 22.6 Å². The van der Waals surface area contributed by atoms with Crippen LogP contribution in [0.3, 0.4) is 0 Å². The highest BCUT2D eigenvalue weighted by molar-refractivity contribution is 5.93. The first-order chi connectivity index (χ1) is 12.7. The van der Waals surface area contributed by atoms with Crippen LogP contribution in [0.15, 0.2) is 24.3 Å². The summed E-state index contributed by atoms with van der Waals surface area (Å²) in [5.41, 5.74) is 5.43. The van der Waals surface area contributed by atoms with Crippen LogP contribution in [-0.2, 0) is 11.2 Å². The number of aromatic hydroxyl groups is 1. The van der Waals surface area contributed by atoms with Gasteiger partial charge in [-0.1, -0.05) is 6.07 Å². The molecule has 0 saturated heterocycles. The molecule has 2 N–H and O–H groups in total. The molecule has 0 radical (unpaired) electrons. The van der Waals surface area contributed by atoms with Gasteiger partial charge in [-0.05, 0) is 58.4 Å². The van der Waals surface area contributed by atoms with Crippen molar-refractivity contribution in [2.24, 2.45) is 0 Å². The van der Waals surface area contributed by atoms with Gasteiger partial charge in [0.25, 0.3) is 5.95 Å². The molecular weight excluding hydrogens is 342 g/mol. The molecule has 0 aliphatic heterocycles. The van der Waals surface area contributed by atoms with E-state index in [1.165, 1.54) is 0 Å². The van der Waals surface area contributed by atoms with Crippen molar-refractivity contribution >= 4 is 11.6 Å². The van der Waals surface area contributed by atoms with Gasteiger partial charge >= 0.3 is 0 Å². The average molecular weight is 365 g/mol. The van der Waals surface area contributed by atoms with Crippen LogP contribution < -0.4 is 5.32 Å². The Kier molecular flexibility index (Phi) is 4.94. The Hall–Kier alpha value is -3.22. The third kappa shape index (κ3) is 3.97. The monoisotopic (exact) mass is 365 g/mol. The Morgan fingerprint density at radius 2 is 1.74 bits per heavy atom. The lowest BCUT2D eigenvalue weighted by Crippen LogP contribution is -2.15. The second kappa shape index (κ2) is 7.19. The molecule has 2 aromatic heterocycles. The summed E-state index contributed by atoms with van der Waals surface area (Å²) in [5.74, 6) is 0.327. The molecule has 0 aliphatic carbocycles. The van der Waals surface area contributed by atoms with Crippen LogP contribution in [0.5, 0.6) is 5.75 Å². The second-order valence-electron chi connectivity index (χ2n) is 6.76. The fourth-order valence-corrected chi connectivity index (χ4v) is 3.03. The summed E-state index contributed by atoms with van der Waals surface area (Å²) < 4.78 is 1.67. The van der Waals surface area contributed by atoms with E-state index in [1.54, 1.807) is 16.8 Å². The topological polar surface area (TPSA) is 92.9 Å². The van der Waals surface area contributed by atoms with E-state index >= 15 is 0 Å². The van der Waals surface area contributed by atoms with Crippen molar-refractivity contribution < 1.29 is 9.90 Å². The number of aryl methyl sites for hydroxylation is 4. The quantitative estimate of drug-likeness (QED) is 0.693. The number of carbonyl (C=O) groups is 1. The zero-order chi connectivity index (χ0) is 19.7. The number of carbonyl (C=O) groups excluding carboxylic acids is 1. The van der Waals surface area contributed by atoms with Gasteiger partial charge in [-0.15, -0.1) is 0 Å². The van der Waals surface area contributed by atoms with Crippen LogP contribution in [0.25, 0.3) is 5.95 Å². The first-order valence-electron chi connectivity index (χ1n) is 8.72. The van der Waals surface area contributed by atoms with Crippen LogP contribution in [0.2, 0.25) is 0 Å². The SMILES string of the molecule is Cc1ccc(NC(=O)Cc2c(C)nn(-c3nc(C)cc(C)n3)c2C)c(O)c1. The number of benzene rings is 1. The molecule has 1 aromatic carbocycles. The number of amides is 1. The molecule has 0 fully saturated rings. The summed E-state index contributed by atoms with van der Waals surface area (Å²) in [6.45, 7) is 9.45. The van der Waals surface area contributed by atoms with Gasteiger partial charge in [-0.25, -0.2) is 14.6 Å². The van der Waals surface area contributed by atoms with Crippen molar-refractivity contribution in [3.05, 3.63) is 58.2 Å². The number of phenolic OH excluding ortho intramolecular Hbond substituents is 1. The fourth-order valence-electron chi connectivity index (χ4n) is 3.03. The molecule has 0 bridgehead atoms. The standard InChI is InChI=1S/C20H23N5O2/c1-11-6-7-17(18(26)8-11)23-19(27)10-16-14(4)24-25(15(16)5)20-21-12(2)9-13(3)22-20/h6-9,26H,10H2,1-5H3,(H,23,27). The lowest BCUT2D eigenvalue weighted by molar-refractivity contribution is -0.115. The molecule has 27 heavy (non-hydrogen) atoms. The molecule has 0 aliphatic rings. The maximum atomic E-state index is 12.5. The summed E-state index contributed by atoms with van der Waals surface area (Å²) >= 11 is 0. The van der Waals surface area contributed by atoms with Gasteiger partial charge in [-0.2, -0.15) is 5.10 Å². The summed E-state index contributed by atoms with van der Waals surface area (Å²) in [7, 11) is 0. The summed E-state index contributed by atoms with van der Waals surface area (Å²) in [6.07, 6.45) is 0.149. The normalized spacial score (nSPS) is 10.9.